The van der Waals surface area contributed by atoms with Crippen LogP contribution in [0.3, 0.4) is 0 Å². The van der Waals surface area contributed by atoms with E-state index in [0.29, 0.717) is 0 Å². The topological polar surface area (TPSA) is 0 Å². The Morgan fingerprint density at radius 2 is 0.889 bits per heavy atom. The van der Waals surface area contributed by atoms with Gasteiger partial charge < -0.3 is 0 Å². The Morgan fingerprint density at radius 1 is 0.407 bits per heavy atom. The number of rotatable bonds is 2. The molecule has 27 heavy (non-hydrogen) atoms. The minimum absolute atomic E-state index is 1.25. The minimum atomic E-state index is 1.25. The highest BCUT2D eigenvalue weighted by Crippen LogP contribution is 2.42. The highest BCUT2D eigenvalue weighted by Gasteiger charge is 2.16. The van der Waals surface area contributed by atoms with Crippen molar-refractivity contribution in [3.63, 3.8) is 0 Å². The summed E-state index contributed by atoms with van der Waals surface area (Å²) in [6.45, 7) is 0. The maximum Gasteiger partial charge on any atom is 0.0293 e. The molecule has 0 bridgehead atoms. The van der Waals surface area contributed by atoms with Gasteiger partial charge in [-0.1, -0.05) is 103 Å². The lowest BCUT2D eigenvalue weighted by molar-refractivity contribution is 1.59. The maximum atomic E-state index is 2.53. The van der Waals surface area contributed by atoms with Crippen LogP contribution >= 0.6 is 22.6 Å². The maximum absolute atomic E-state index is 2.53. The van der Waals surface area contributed by atoms with Gasteiger partial charge in [0.1, 0.15) is 0 Å². The largest absolute Gasteiger partial charge is 0.0622 e. The Hall–Kier alpha value is -2.65. The second-order valence-corrected chi connectivity index (χ2v) is 7.77. The third kappa shape index (κ3) is 2.74. The standard InChI is InChI=1S/C26H17I/c27-26-24-17-9-6-14-21(24)20-13-5-8-16-23(20)25(26)22-15-7-4-12-19(22)18-10-2-1-3-11-18/h1-17H. The lowest BCUT2D eigenvalue weighted by Gasteiger charge is -2.17. The molecule has 0 fully saturated rings. The molecule has 5 aromatic rings. The van der Waals surface area contributed by atoms with E-state index < -0.39 is 0 Å². The first kappa shape index (κ1) is 16.5. The van der Waals surface area contributed by atoms with Crippen LogP contribution in [0, 0.1) is 3.57 Å². The summed E-state index contributed by atoms with van der Waals surface area (Å²) < 4.78 is 1.31. The molecule has 0 atom stereocenters. The monoisotopic (exact) mass is 456 g/mol. The second kappa shape index (κ2) is 6.82. The van der Waals surface area contributed by atoms with Gasteiger partial charge in [-0.15, -0.1) is 0 Å². The van der Waals surface area contributed by atoms with Crippen molar-refractivity contribution in [3.8, 4) is 22.3 Å². The highest BCUT2D eigenvalue weighted by atomic mass is 127. The van der Waals surface area contributed by atoms with Gasteiger partial charge in [0.2, 0.25) is 0 Å². The second-order valence-electron chi connectivity index (χ2n) is 6.69. The molecule has 0 aliphatic rings. The molecule has 0 saturated carbocycles. The molecule has 0 spiro atoms. The smallest absolute Gasteiger partial charge is 0.0293 e. The van der Waals surface area contributed by atoms with E-state index in [9.17, 15) is 0 Å². The normalized spacial score (nSPS) is 11.1. The van der Waals surface area contributed by atoms with Gasteiger partial charge in [0.25, 0.3) is 0 Å². The van der Waals surface area contributed by atoms with E-state index in [4.69, 9.17) is 0 Å². The van der Waals surface area contributed by atoms with Crippen LogP contribution in [0.25, 0.3) is 43.8 Å². The average molecular weight is 456 g/mol. The number of hydrogen-bond acceptors (Lipinski definition) is 0. The van der Waals surface area contributed by atoms with E-state index in [1.807, 2.05) is 0 Å². The van der Waals surface area contributed by atoms with E-state index in [0.717, 1.165) is 0 Å². The average Bonchev–Trinajstić information content (AvgIpc) is 2.75. The highest BCUT2D eigenvalue weighted by molar-refractivity contribution is 14.1. The van der Waals surface area contributed by atoms with Gasteiger partial charge in [0.05, 0.1) is 0 Å². The van der Waals surface area contributed by atoms with Crippen molar-refractivity contribution in [2.24, 2.45) is 0 Å². The van der Waals surface area contributed by atoms with Crippen LogP contribution in [0.15, 0.2) is 103 Å². The zero-order chi connectivity index (χ0) is 18.2. The summed E-state index contributed by atoms with van der Waals surface area (Å²) in [7, 11) is 0. The predicted molar refractivity (Wildman–Crippen MR) is 125 cm³/mol. The van der Waals surface area contributed by atoms with Crippen LogP contribution in [-0.2, 0) is 0 Å². The molecule has 0 nitrogen and oxygen atoms in total. The quantitative estimate of drug-likeness (QED) is 0.187. The molecule has 128 valence electrons. The van der Waals surface area contributed by atoms with Gasteiger partial charge in [-0.25, -0.2) is 0 Å². The van der Waals surface area contributed by atoms with Gasteiger partial charge in [-0.05, 0) is 60.8 Å². The van der Waals surface area contributed by atoms with Gasteiger partial charge in [0, 0.05) is 9.13 Å². The fourth-order valence-corrected chi connectivity index (χ4v) is 4.98. The molecule has 5 aromatic carbocycles. The van der Waals surface area contributed by atoms with Gasteiger partial charge in [-0.2, -0.15) is 0 Å². The van der Waals surface area contributed by atoms with E-state index >= 15 is 0 Å². The fourth-order valence-electron chi connectivity index (χ4n) is 3.93. The summed E-state index contributed by atoms with van der Waals surface area (Å²) >= 11 is 2.53. The first-order chi connectivity index (χ1) is 13.3. The van der Waals surface area contributed by atoms with Crippen molar-refractivity contribution in [2.75, 3.05) is 0 Å². The van der Waals surface area contributed by atoms with E-state index in [2.05, 4.69) is 126 Å². The van der Waals surface area contributed by atoms with Crippen LogP contribution in [-0.4, -0.2) is 0 Å². The van der Waals surface area contributed by atoms with Crippen LogP contribution in [0.4, 0.5) is 0 Å². The molecular weight excluding hydrogens is 439 g/mol. The fraction of sp³-hybridized carbons (Fsp3) is 0. The summed E-state index contributed by atoms with van der Waals surface area (Å²) in [5.41, 5.74) is 5.14. The first-order valence-corrected chi connectivity index (χ1v) is 10.2. The molecule has 0 aliphatic heterocycles. The Bertz CT molecular complexity index is 1270. The molecule has 0 aliphatic carbocycles. The third-order valence-electron chi connectivity index (χ3n) is 5.15. The zero-order valence-electron chi connectivity index (χ0n) is 14.7. The molecule has 0 radical (unpaired) electrons. The molecule has 1 heteroatoms. The Kier molecular flexibility index (Phi) is 4.17. The number of hydrogen-bond donors (Lipinski definition) is 0. The summed E-state index contributed by atoms with van der Waals surface area (Å²) in [4.78, 5) is 0. The third-order valence-corrected chi connectivity index (χ3v) is 6.27. The number of halogens is 1. The molecule has 0 N–H and O–H groups in total. The van der Waals surface area contributed by atoms with E-state index in [-0.39, 0.29) is 0 Å². The minimum Gasteiger partial charge on any atom is -0.0622 e. The number of benzene rings is 5. The lowest BCUT2D eigenvalue weighted by Crippen LogP contribution is -1.92. The molecule has 0 heterocycles. The Balaban J connectivity index is 1.94. The molecule has 0 unspecified atom stereocenters. The van der Waals surface area contributed by atoms with Crippen LogP contribution in [0.1, 0.15) is 0 Å². The van der Waals surface area contributed by atoms with Gasteiger partial charge >= 0.3 is 0 Å². The summed E-state index contributed by atoms with van der Waals surface area (Å²) in [5, 5.41) is 5.25. The number of fused-ring (bicyclic) bond motifs is 3. The Labute approximate surface area is 172 Å². The Morgan fingerprint density at radius 3 is 1.59 bits per heavy atom. The van der Waals surface area contributed by atoms with Crippen molar-refractivity contribution >= 4 is 44.1 Å². The molecule has 0 aromatic heterocycles. The van der Waals surface area contributed by atoms with Crippen LogP contribution < -0.4 is 0 Å². The predicted octanol–water partition coefficient (Wildman–Crippen LogP) is 7.93. The molecular formula is C26H17I. The van der Waals surface area contributed by atoms with E-state index in [1.165, 1.54) is 47.4 Å². The SMILES string of the molecule is Ic1c(-c2ccccc2-c2ccccc2)c2ccccc2c2ccccc12. The van der Waals surface area contributed by atoms with Crippen LogP contribution in [0.2, 0.25) is 0 Å². The van der Waals surface area contributed by atoms with Crippen LogP contribution in [0.5, 0.6) is 0 Å². The van der Waals surface area contributed by atoms with E-state index in [1.54, 1.807) is 0 Å². The molecule has 0 saturated heterocycles. The zero-order valence-corrected chi connectivity index (χ0v) is 16.9. The van der Waals surface area contributed by atoms with Crippen molar-refractivity contribution in [1.82, 2.24) is 0 Å². The van der Waals surface area contributed by atoms with Gasteiger partial charge in [0.15, 0.2) is 0 Å². The summed E-state index contributed by atoms with van der Waals surface area (Å²) in [6.07, 6.45) is 0. The molecule has 5 rings (SSSR count). The molecule has 0 amide bonds. The lowest BCUT2D eigenvalue weighted by atomic mass is 9.89. The summed E-state index contributed by atoms with van der Waals surface area (Å²) in [6, 6.07) is 36.9. The van der Waals surface area contributed by atoms with Gasteiger partial charge in [-0.3, -0.25) is 0 Å². The van der Waals surface area contributed by atoms with Crippen molar-refractivity contribution in [1.29, 1.82) is 0 Å². The first-order valence-electron chi connectivity index (χ1n) is 9.08. The van der Waals surface area contributed by atoms with Crippen molar-refractivity contribution in [2.45, 2.75) is 0 Å². The van der Waals surface area contributed by atoms with Crippen molar-refractivity contribution < 1.29 is 0 Å². The summed E-state index contributed by atoms with van der Waals surface area (Å²) in [5.74, 6) is 0. The van der Waals surface area contributed by atoms with Crippen molar-refractivity contribution in [3.05, 3.63) is 107 Å².